The standard InChI is InChI=1S/C44H34N4/c1-44(2)40-22-28(26-45)8-19-38(40)39-20-17-35(25-41(39)44)34-16-12-31-11-15-33(23-37(31)24-34)30-9-13-32(14-10-30)43(46)48-42-21-18-36(27-47-42)29-6-4-3-5-7-29/h3-25,27,42,47H,1-2H3,(H2,46,48). The summed E-state index contributed by atoms with van der Waals surface area (Å²) in [5.41, 5.74) is 13.2. The number of fused-ring (bicyclic) bond motifs is 4. The SMILES string of the molecule is CC1(C)c2cc(C#N)ccc2-c2ccc(-c3ccc4ccc(-c5ccc(C(=N)NC6C=CC(c7ccccc7)=CN6)cc5)cc4c3)cc21. The molecule has 0 saturated carbocycles. The van der Waals surface area contributed by atoms with Crippen molar-refractivity contribution in [2.75, 3.05) is 0 Å². The zero-order chi connectivity index (χ0) is 32.8. The third-order valence-electron chi connectivity index (χ3n) is 9.78. The quantitative estimate of drug-likeness (QED) is 0.133. The fraction of sp³-hybridized carbons (Fsp3) is 0.0909. The van der Waals surface area contributed by atoms with Crippen molar-refractivity contribution in [1.82, 2.24) is 10.6 Å². The fourth-order valence-electron chi connectivity index (χ4n) is 7.04. The van der Waals surface area contributed by atoms with Gasteiger partial charge in [-0.3, -0.25) is 5.41 Å². The summed E-state index contributed by atoms with van der Waals surface area (Å²) in [7, 11) is 0. The highest BCUT2D eigenvalue weighted by Gasteiger charge is 2.35. The number of dihydropyridines is 1. The highest BCUT2D eigenvalue weighted by Crippen LogP contribution is 2.50. The Kier molecular flexibility index (Phi) is 7.04. The van der Waals surface area contributed by atoms with Crippen LogP contribution in [-0.4, -0.2) is 12.0 Å². The largest absolute Gasteiger partial charge is 0.368 e. The number of nitrogens with zero attached hydrogens (tertiary/aromatic N) is 1. The molecular weight excluding hydrogens is 585 g/mol. The van der Waals surface area contributed by atoms with E-state index in [-0.39, 0.29) is 11.6 Å². The van der Waals surface area contributed by atoms with Gasteiger partial charge in [0.05, 0.1) is 11.6 Å². The van der Waals surface area contributed by atoms with Crippen LogP contribution in [0.3, 0.4) is 0 Å². The molecule has 0 radical (unpaired) electrons. The second kappa shape index (κ2) is 11.6. The zero-order valence-corrected chi connectivity index (χ0v) is 26.9. The van der Waals surface area contributed by atoms with E-state index in [1.54, 1.807) is 0 Å². The van der Waals surface area contributed by atoms with Crippen LogP contribution in [0.4, 0.5) is 0 Å². The lowest BCUT2D eigenvalue weighted by atomic mass is 9.81. The van der Waals surface area contributed by atoms with Gasteiger partial charge in [-0.05, 0) is 103 Å². The molecule has 3 N–H and O–H groups in total. The molecule has 0 saturated heterocycles. The number of hydrogen-bond acceptors (Lipinski definition) is 3. The Morgan fingerprint density at radius 3 is 2.00 bits per heavy atom. The maximum absolute atomic E-state index is 9.49. The molecule has 6 aromatic rings. The van der Waals surface area contributed by atoms with Gasteiger partial charge in [0.1, 0.15) is 12.0 Å². The molecule has 0 spiro atoms. The summed E-state index contributed by atoms with van der Waals surface area (Å²) >= 11 is 0. The average molecular weight is 619 g/mol. The number of benzene rings is 6. The molecule has 0 amide bonds. The predicted molar refractivity (Wildman–Crippen MR) is 198 cm³/mol. The van der Waals surface area contributed by atoms with Gasteiger partial charge in [0, 0.05) is 17.2 Å². The zero-order valence-electron chi connectivity index (χ0n) is 26.9. The first kappa shape index (κ1) is 29.2. The Balaban J connectivity index is 1.00. The van der Waals surface area contributed by atoms with Gasteiger partial charge in [-0.15, -0.1) is 0 Å². The number of nitriles is 1. The van der Waals surface area contributed by atoms with Crippen LogP contribution in [0.25, 0.3) is 49.7 Å². The van der Waals surface area contributed by atoms with Crippen molar-refractivity contribution in [2.45, 2.75) is 25.4 Å². The summed E-state index contributed by atoms with van der Waals surface area (Å²) in [6, 6.07) is 46.9. The van der Waals surface area contributed by atoms with E-state index < -0.39 is 0 Å². The summed E-state index contributed by atoms with van der Waals surface area (Å²) in [6.45, 7) is 4.50. The van der Waals surface area contributed by atoms with Gasteiger partial charge in [0.15, 0.2) is 0 Å². The van der Waals surface area contributed by atoms with Gasteiger partial charge < -0.3 is 10.6 Å². The minimum atomic E-state index is -0.178. The van der Waals surface area contributed by atoms with Crippen LogP contribution in [0, 0.1) is 16.7 Å². The first-order valence-corrected chi connectivity index (χ1v) is 16.3. The topological polar surface area (TPSA) is 71.7 Å². The van der Waals surface area contributed by atoms with Crippen LogP contribution >= 0.6 is 0 Å². The van der Waals surface area contributed by atoms with Crippen molar-refractivity contribution in [3.05, 3.63) is 174 Å². The van der Waals surface area contributed by atoms with Crippen molar-refractivity contribution in [1.29, 1.82) is 10.7 Å². The summed E-state index contributed by atoms with van der Waals surface area (Å²) in [5.74, 6) is 0.370. The van der Waals surface area contributed by atoms with Gasteiger partial charge in [-0.1, -0.05) is 117 Å². The smallest absolute Gasteiger partial charge is 0.127 e. The Morgan fingerprint density at radius 2 is 1.31 bits per heavy atom. The third-order valence-corrected chi connectivity index (χ3v) is 9.78. The number of nitrogens with one attached hydrogen (secondary N) is 3. The molecule has 0 bridgehead atoms. The number of hydrogen-bond donors (Lipinski definition) is 3. The fourth-order valence-corrected chi connectivity index (χ4v) is 7.04. The minimum Gasteiger partial charge on any atom is -0.368 e. The highest BCUT2D eigenvalue weighted by molar-refractivity contribution is 5.97. The average Bonchev–Trinajstić information content (AvgIpc) is 3.36. The molecule has 4 nitrogen and oxygen atoms in total. The van der Waals surface area contributed by atoms with Gasteiger partial charge in [0.25, 0.3) is 0 Å². The van der Waals surface area contributed by atoms with Crippen LogP contribution in [0.1, 0.15) is 41.7 Å². The molecule has 4 heteroatoms. The molecule has 1 unspecified atom stereocenters. The Hall–Kier alpha value is -6.18. The van der Waals surface area contributed by atoms with Crippen molar-refractivity contribution >= 4 is 22.2 Å². The molecule has 1 aliphatic carbocycles. The van der Waals surface area contributed by atoms with E-state index in [1.165, 1.54) is 44.2 Å². The highest BCUT2D eigenvalue weighted by atomic mass is 15.1. The molecule has 1 atom stereocenters. The van der Waals surface area contributed by atoms with E-state index in [9.17, 15) is 5.26 Å². The third kappa shape index (κ3) is 5.16. The lowest BCUT2D eigenvalue weighted by Gasteiger charge is -2.22. The molecule has 230 valence electrons. The minimum absolute atomic E-state index is 0.150. The molecule has 1 heterocycles. The van der Waals surface area contributed by atoms with Gasteiger partial charge in [0.2, 0.25) is 0 Å². The summed E-state index contributed by atoms with van der Waals surface area (Å²) < 4.78 is 0. The first-order chi connectivity index (χ1) is 23.4. The maximum atomic E-state index is 9.49. The molecule has 2 aliphatic rings. The lowest BCUT2D eigenvalue weighted by molar-refractivity contribution is 0.656. The van der Waals surface area contributed by atoms with Crippen molar-refractivity contribution in [3.63, 3.8) is 0 Å². The second-order valence-electron chi connectivity index (χ2n) is 13.1. The molecular formula is C44H34N4. The molecule has 8 rings (SSSR count). The van der Waals surface area contributed by atoms with E-state index in [1.807, 2.05) is 54.7 Å². The van der Waals surface area contributed by atoms with E-state index >= 15 is 0 Å². The molecule has 48 heavy (non-hydrogen) atoms. The Morgan fingerprint density at radius 1 is 0.688 bits per heavy atom. The molecule has 0 fully saturated rings. The van der Waals surface area contributed by atoms with Crippen molar-refractivity contribution in [2.24, 2.45) is 0 Å². The van der Waals surface area contributed by atoms with Gasteiger partial charge in [-0.2, -0.15) is 5.26 Å². The first-order valence-electron chi connectivity index (χ1n) is 16.3. The van der Waals surface area contributed by atoms with Crippen LogP contribution in [-0.2, 0) is 5.41 Å². The lowest BCUT2D eigenvalue weighted by Crippen LogP contribution is -2.42. The number of allylic oxidation sites excluding steroid dienone is 2. The summed E-state index contributed by atoms with van der Waals surface area (Å²) in [5, 5.41) is 27.2. The number of rotatable bonds is 5. The van der Waals surface area contributed by atoms with E-state index in [4.69, 9.17) is 5.41 Å². The van der Waals surface area contributed by atoms with Crippen LogP contribution in [0.5, 0.6) is 0 Å². The van der Waals surface area contributed by atoms with Crippen LogP contribution in [0.2, 0.25) is 0 Å². The predicted octanol–water partition coefficient (Wildman–Crippen LogP) is 9.79. The van der Waals surface area contributed by atoms with E-state index in [0.29, 0.717) is 11.4 Å². The second-order valence-corrected chi connectivity index (χ2v) is 13.1. The van der Waals surface area contributed by atoms with E-state index in [0.717, 1.165) is 27.8 Å². The van der Waals surface area contributed by atoms with Crippen molar-refractivity contribution < 1.29 is 0 Å². The van der Waals surface area contributed by atoms with Crippen LogP contribution in [0.15, 0.2) is 146 Å². The van der Waals surface area contributed by atoms with Gasteiger partial charge in [-0.25, -0.2) is 0 Å². The Bertz CT molecular complexity index is 2340. The summed E-state index contributed by atoms with van der Waals surface area (Å²) in [6.07, 6.45) is 5.97. The van der Waals surface area contributed by atoms with Crippen molar-refractivity contribution in [3.8, 4) is 39.4 Å². The van der Waals surface area contributed by atoms with Gasteiger partial charge >= 0.3 is 0 Å². The monoisotopic (exact) mass is 618 g/mol. The maximum Gasteiger partial charge on any atom is 0.127 e. The molecule has 1 aliphatic heterocycles. The van der Waals surface area contributed by atoms with Crippen LogP contribution < -0.4 is 10.6 Å². The molecule has 0 aromatic heterocycles. The normalized spacial score (nSPS) is 15.5. The van der Waals surface area contributed by atoms with E-state index in [2.05, 4.69) is 122 Å². The number of amidine groups is 1. The molecule has 6 aromatic carbocycles. The summed E-state index contributed by atoms with van der Waals surface area (Å²) in [4.78, 5) is 0. The Labute approximate surface area is 281 Å².